The van der Waals surface area contributed by atoms with E-state index < -0.39 is 0 Å². The Labute approximate surface area is 165 Å². The Kier molecular flexibility index (Phi) is 6.03. The van der Waals surface area contributed by atoms with Gasteiger partial charge < -0.3 is 9.55 Å². The summed E-state index contributed by atoms with van der Waals surface area (Å²) in [5.74, 6) is 0.293. The summed E-state index contributed by atoms with van der Waals surface area (Å²) >= 11 is 7.60. The van der Waals surface area contributed by atoms with E-state index in [0.717, 1.165) is 5.56 Å². The van der Waals surface area contributed by atoms with Crippen molar-refractivity contribution in [1.29, 1.82) is 0 Å². The molecular weight excluding hydrogens is 384 g/mol. The maximum Gasteiger partial charge on any atom is 0.254 e. The van der Waals surface area contributed by atoms with Gasteiger partial charge in [0.15, 0.2) is 4.80 Å². The lowest BCUT2D eigenvalue weighted by Crippen LogP contribution is -2.20. The number of amides is 1. The summed E-state index contributed by atoms with van der Waals surface area (Å²) in [6.07, 6.45) is 2.34. The van der Waals surface area contributed by atoms with Gasteiger partial charge in [-0.15, -0.1) is 11.3 Å². The van der Waals surface area contributed by atoms with Crippen molar-refractivity contribution in [3.63, 3.8) is 0 Å². The maximum atomic E-state index is 12.3. The number of hydrogen-bond donors (Lipinski definition) is 1. The minimum Gasteiger partial charge on any atom is -0.319 e. The molecule has 0 aliphatic heterocycles. The summed E-state index contributed by atoms with van der Waals surface area (Å²) in [6, 6.07) is 7.58. The zero-order chi connectivity index (χ0) is 19.4. The van der Waals surface area contributed by atoms with Crippen LogP contribution in [0.1, 0.15) is 29.1 Å². The fraction of sp³-hybridized carbons (Fsp3) is 0.263. The van der Waals surface area contributed by atoms with E-state index in [9.17, 15) is 9.59 Å². The molecule has 6 nitrogen and oxygen atoms in total. The third-order valence-corrected chi connectivity index (χ3v) is 5.27. The van der Waals surface area contributed by atoms with E-state index in [4.69, 9.17) is 11.6 Å². The van der Waals surface area contributed by atoms with Crippen molar-refractivity contribution in [2.45, 2.75) is 33.2 Å². The minimum atomic E-state index is -0.273. The van der Waals surface area contributed by atoms with E-state index in [1.165, 1.54) is 11.3 Å². The van der Waals surface area contributed by atoms with E-state index in [1.807, 2.05) is 40.4 Å². The molecule has 0 aliphatic rings. The first-order valence-electron chi connectivity index (χ1n) is 8.45. The molecule has 0 bridgehead atoms. The number of aromatic nitrogens is 3. The molecule has 0 unspecified atom stereocenters. The number of thiazole rings is 1. The SMILES string of the molecule is Cc1nc(C)c(CCC(=O)N=c2sccn2Cc2ccccc2Cl)c(=O)[nH]1. The fourth-order valence-corrected chi connectivity index (χ4v) is 3.70. The molecule has 1 amide bonds. The first-order valence-corrected chi connectivity index (χ1v) is 9.71. The molecule has 0 radical (unpaired) electrons. The monoisotopic (exact) mass is 402 g/mol. The van der Waals surface area contributed by atoms with E-state index in [-0.39, 0.29) is 17.9 Å². The number of hydrogen-bond acceptors (Lipinski definition) is 4. The second kappa shape index (κ2) is 8.45. The van der Waals surface area contributed by atoms with Gasteiger partial charge in [-0.05, 0) is 31.9 Å². The van der Waals surface area contributed by atoms with Gasteiger partial charge in [0.25, 0.3) is 5.56 Å². The number of benzene rings is 1. The fourth-order valence-electron chi connectivity index (χ4n) is 2.76. The van der Waals surface area contributed by atoms with Gasteiger partial charge in [0, 0.05) is 34.3 Å². The molecule has 1 N–H and O–H groups in total. The molecule has 1 aromatic carbocycles. The lowest BCUT2D eigenvalue weighted by Gasteiger charge is -2.05. The summed E-state index contributed by atoms with van der Waals surface area (Å²) < 4.78 is 1.88. The van der Waals surface area contributed by atoms with Gasteiger partial charge in [-0.1, -0.05) is 29.8 Å². The molecule has 3 aromatic rings. The van der Waals surface area contributed by atoms with Crippen molar-refractivity contribution in [3.05, 3.63) is 78.7 Å². The summed E-state index contributed by atoms with van der Waals surface area (Å²) in [4.78, 5) is 36.1. The summed E-state index contributed by atoms with van der Waals surface area (Å²) in [5, 5.41) is 2.55. The van der Waals surface area contributed by atoms with Crippen molar-refractivity contribution < 1.29 is 4.79 Å². The van der Waals surface area contributed by atoms with Crippen LogP contribution in [0.3, 0.4) is 0 Å². The highest BCUT2D eigenvalue weighted by molar-refractivity contribution is 7.07. The van der Waals surface area contributed by atoms with Gasteiger partial charge in [-0.25, -0.2) is 4.98 Å². The molecule has 0 saturated carbocycles. The molecule has 0 aliphatic carbocycles. The molecule has 8 heteroatoms. The van der Waals surface area contributed by atoms with Crippen LogP contribution in [0.5, 0.6) is 0 Å². The Balaban J connectivity index is 1.75. The van der Waals surface area contributed by atoms with Crippen molar-refractivity contribution in [3.8, 4) is 0 Å². The van der Waals surface area contributed by atoms with Crippen LogP contribution in [0, 0.1) is 13.8 Å². The van der Waals surface area contributed by atoms with Crippen LogP contribution in [0.2, 0.25) is 5.02 Å². The first kappa shape index (κ1) is 19.3. The Hall–Kier alpha value is -2.51. The highest BCUT2D eigenvalue weighted by Crippen LogP contribution is 2.15. The predicted octanol–water partition coefficient (Wildman–Crippen LogP) is 3.01. The van der Waals surface area contributed by atoms with Gasteiger partial charge in [0.2, 0.25) is 5.91 Å². The summed E-state index contributed by atoms with van der Waals surface area (Å²) in [5.41, 5.74) is 1.94. The van der Waals surface area contributed by atoms with E-state index in [0.29, 0.717) is 39.9 Å². The summed E-state index contributed by atoms with van der Waals surface area (Å²) in [7, 11) is 0. The van der Waals surface area contributed by atoms with Crippen LogP contribution in [0.4, 0.5) is 0 Å². The zero-order valence-corrected chi connectivity index (χ0v) is 16.6. The number of carbonyl (C=O) groups excluding carboxylic acids is 1. The average Bonchev–Trinajstić information content (AvgIpc) is 3.02. The second-order valence-electron chi connectivity index (χ2n) is 6.13. The van der Waals surface area contributed by atoms with E-state index in [1.54, 1.807) is 13.8 Å². The van der Waals surface area contributed by atoms with Crippen LogP contribution in [0.15, 0.2) is 45.6 Å². The minimum absolute atomic E-state index is 0.151. The van der Waals surface area contributed by atoms with Crippen molar-refractivity contribution >= 4 is 28.8 Å². The molecule has 140 valence electrons. The lowest BCUT2D eigenvalue weighted by molar-refractivity contribution is -0.118. The number of rotatable bonds is 5. The first-order chi connectivity index (χ1) is 12.9. The standard InChI is InChI=1S/C19H19ClN4O2S/c1-12-15(18(26)22-13(2)21-12)7-8-17(25)23-19-24(9-10-27-19)11-14-5-3-4-6-16(14)20/h3-6,9-10H,7-8,11H2,1-2H3,(H,21,22,26). The molecule has 27 heavy (non-hydrogen) atoms. The molecular formula is C19H19ClN4O2S. The van der Waals surface area contributed by atoms with Gasteiger partial charge in [0.1, 0.15) is 5.82 Å². The van der Waals surface area contributed by atoms with E-state index in [2.05, 4.69) is 15.0 Å². The van der Waals surface area contributed by atoms with Crippen LogP contribution < -0.4 is 10.4 Å². The van der Waals surface area contributed by atoms with Crippen LogP contribution in [-0.2, 0) is 17.8 Å². The highest BCUT2D eigenvalue weighted by atomic mass is 35.5. The quantitative estimate of drug-likeness (QED) is 0.712. The molecule has 0 saturated heterocycles. The van der Waals surface area contributed by atoms with Crippen molar-refractivity contribution in [2.24, 2.45) is 4.99 Å². The Bertz CT molecular complexity index is 1100. The number of aromatic amines is 1. The zero-order valence-electron chi connectivity index (χ0n) is 15.0. The number of nitrogens with one attached hydrogen (secondary N) is 1. The van der Waals surface area contributed by atoms with Crippen LogP contribution in [-0.4, -0.2) is 20.4 Å². The van der Waals surface area contributed by atoms with Gasteiger partial charge in [0.05, 0.1) is 6.54 Å². The van der Waals surface area contributed by atoms with Crippen LogP contribution >= 0.6 is 22.9 Å². The number of H-pyrrole nitrogens is 1. The smallest absolute Gasteiger partial charge is 0.254 e. The largest absolute Gasteiger partial charge is 0.319 e. The molecule has 0 spiro atoms. The Morgan fingerprint density at radius 2 is 2.11 bits per heavy atom. The van der Waals surface area contributed by atoms with Gasteiger partial charge in [-0.2, -0.15) is 4.99 Å². The number of aryl methyl sites for hydroxylation is 2. The van der Waals surface area contributed by atoms with Gasteiger partial charge >= 0.3 is 0 Å². The molecule has 2 aromatic heterocycles. The van der Waals surface area contributed by atoms with Crippen molar-refractivity contribution in [1.82, 2.24) is 14.5 Å². The van der Waals surface area contributed by atoms with E-state index >= 15 is 0 Å². The second-order valence-corrected chi connectivity index (χ2v) is 7.41. The number of halogens is 1. The van der Waals surface area contributed by atoms with Crippen LogP contribution in [0.25, 0.3) is 0 Å². The Morgan fingerprint density at radius 3 is 2.85 bits per heavy atom. The van der Waals surface area contributed by atoms with Gasteiger partial charge in [-0.3, -0.25) is 9.59 Å². The molecule has 0 atom stereocenters. The Morgan fingerprint density at radius 1 is 1.33 bits per heavy atom. The third kappa shape index (κ3) is 4.81. The highest BCUT2D eigenvalue weighted by Gasteiger charge is 2.10. The predicted molar refractivity (Wildman–Crippen MR) is 106 cm³/mol. The van der Waals surface area contributed by atoms with Crippen molar-refractivity contribution in [2.75, 3.05) is 0 Å². The third-order valence-electron chi connectivity index (χ3n) is 4.11. The number of carbonyl (C=O) groups is 1. The molecule has 3 rings (SSSR count). The lowest BCUT2D eigenvalue weighted by atomic mass is 10.1. The number of nitrogens with zero attached hydrogens (tertiary/aromatic N) is 3. The normalized spacial score (nSPS) is 11.7. The maximum absolute atomic E-state index is 12.3. The topological polar surface area (TPSA) is 80.1 Å². The molecule has 2 heterocycles. The average molecular weight is 403 g/mol. The molecule has 0 fully saturated rings. The summed E-state index contributed by atoms with van der Waals surface area (Å²) in [6.45, 7) is 4.04.